The lowest BCUT2D eigenvalue weighted by molar-refractivity contribution is -0.384. The van der Waals surface area contributed by atoms with Crippen LogP contribution < -0.4 is 5.56 Å². The van der Waals surface area contributed by atoms with Crippen LogP contribution in [0.25, 0.3) is 22.4 Å². The van der Waals surface area contributed by atoms with Crippen LogP contribution in [0.3, 0.4) is 0 Å². The zero-order valence-corrected chi connectivity index (χ0v) is 19.4. The van der Waals surface area contributed by atoms with Gasteiger partial charge in [0, 0.05) is 17.9 Å². The predicted molar refractivity (Wildman–Crippen MR) is 133 cm³/mol. The van der Waals surface area contributed by atoms with E-state index < -0.39 is 4.92 Å². The van der Waals surface area contributed by atoms with Crippen LogP contribution in [-0.4, -0.2) is 24.1 Å². The molecule has 0 saturated carbocycles. The Bertz CT molecular complexity index is 1590. The van der Waals surface area contributed by atoms with E-state index in [1.54, 1.807) is 16.7 Å². The van der Waals surface area contributed by atoms with Crippen LogP contribution in [-0.2, 0) is 5.75 Å². The van der Waals surface area contributed by atoms with E-state index in [2.05, 4.69) is 24.0 Å². The maximum absolute atomic E-state index is 13.6. The fraction of sp³-hybridized carbons (Fsp3) is 0.160. The number of nitro groups is 1. The Labute approximate surface area is 199 Å². The first kappa shape index (κ1) is 21.8. The summed E-state index contributed by atoms with van der Waals surface area (Å²) in [7, 11) is 0. The lowest BCUT2D eigenvalue weighted by Gasteiger charge is -2.16. The Morgan fingerprint density at radius 1 is 0.971 bits per heavy atom. The molecule has 0 fully saturated rings. The lowest BCUT2D eigenvalue weighted by atomic mass is 10.0. The molecule has 0 amide bonds. The highest BCUT2D eigenvalue weighted by molar-refractivity contribution is 7.98. The molecule has 0 unspecified atom stereocenters. The van der Waals surface area contributed by atoms with E-state index in [4.69, 9.17) is 0 Å². The van der Waals surface area contributed by atoms with E-state index in [1.807, 2.05) is 52.9 Å². The van der Waals surface area contributed by atoms with Gasteiger partial charge in [0.25, 0.3) is 11.2 Å². The molecule has 0 aliphatic rings. The van der Waals surface area contributed by atoms with Crippen molar-refractivity contribution < 1.29 is 4.92 Å². The molecule has 0 N–H and O–H groups in total. The van der Waals surface area contributed by atoms with Crippen molar-refractivity contribution in [2.24, 2.45) is 0 Å². The number of nitro benzene ring substituents is 1. The van der Waals surface area contributed by atoms with E-state index in [-0.39, 0.29) is 17.2 Å². The van der Waals surface area contributed by atoms with Crippen LogP contribution in [0.15, 0.2) is 82.7 Å². The first-order valence-electron chi connectivity index (χ1n) is 10.8. The van der Waals surface area contributed by atoms with E-state index >= 15 is 0 Å². The highest BCUT2D eigenvalue weighted by atomic mass is 32.2. The third-order valence-corrected chi connectivity index (χ3v) is 6.71. The normalized spacial score (nSPS) is 11.5. The van der Waals surface area contributed by atoms with Gasteiger partial charge in [0.05, 0.1) is 21.5 Å². The largest absolute Gasteiger partial charge is 0.269 e. The van der Waals surface area contributed by atoms with E-state index in [9.17, 15) is 14.9 Å². The summed E-state index contributed by atoms with van der Waals surface area (Å²) in [5.74, 6) is 1.21. The molecule has 0 aliphatic heterocycles. The maximum atomic E-state index is 13.6. The molecule has 170 valence electrons. The SMILES string of the molecule is CC(C)c1ccccc1-n1c(=O)c2ccccc2n2c(SCc3ccc([N+](=O)[O-])cc3)nnc12. The van der Waals surface area contributed by atoms with Crippen molar-refractivity contribution in [3.63, 3.8) is 0 Å². The number of hydrogen-bond donors (Lipinski definition) is 0. The van der Waals surface area contributed by atoms with Crippen LogP contribution in [0.2, 0.25) is 0 Å². The van der Waals surface area contributed by atoms with Gasteiger partial charge in [-0.2, -0.15) is 0 Å². The van der Waals surface area contributed by atoms with Crippen molar-refractivity contribution in [2.45, 2.75) is 30.7 Å². The molecule has 0 aliphatic carbocycles. The third-order valence-electron chi connectivity index (χ3n) is 5.71. The number of para-hydroxylation sites is 2. The summed E-state index contributed by atoms with van der Waals surface area (Å²) in [5.41, 5.74) is 3.41. The molecule has 2 aromatic heterocycles. The number of thioether (sulfide) groups is 1. The number of non-ortho nitro benzene ring substituents is 1. The van der Waals surface area contributed by atoms with Crippen molar-refractivity contribution in [2.75, 3.05) is 0 Å². The Morgan fingerprint density at radius 3 is 2.41 bits per heavy atom. The van der Waals surface area contributed by atoms with Gasteiger partial charge in [-0.25, -0.2) is 4.57 Å². The smallest absolute Gasteiger partial charge is 0.268 e. The van der Waals surface area contributed by atoms with Crippen molar-refractivity contribution in [3.05, 3.63) is 104 Å². The number of nitrogens with zero attached hydrogens (tertiary/aromatic N) is 5. The molecular formula is C25H21N5O3S. The molecular weight excluding hydrogens is 450 g/mol. The van der Waals surface area contributed by atoms with E-state index in [1.165, 1.54) is 23.9 Å². The fourth-order valence-electron chi connectivity index (χ4n) is 4.03. The maximum Gasteiger partial charge on any atom is 0.269 e. The molecule has 2 heterocycles. The van der Waals surface area contributed by atoms with Gasteiger partial charge in [0.2, 0.25) is 5.78 Å². The van der Waals surface area contributed by atoms with Crippen LogP contribution in [0.4, 0.5) is 5.69 Å². The second-order valence-electron chi connectivity index (χ2n) is 8.20. The second kappa shape index (κ2) is 8.75. The highest BCUT2D eigenvalue weighted by Gasteiger charge is 2.20. The van der Waals surface area contributed by atoms with Crippen LogP contribution in [0, 0.1) is 10.1 Å². The molecule has 0 bridgehead atoms. The molecule has 0 spiro atoms. The molecule has 0 saturated heterocycles. The minimum absolute atomic E-state index is 0.0560. The number of benzene rings is 3. The minimum atomic E-state index is -0.413. The topological polar surface area (TPSA) is 95.3 Å². The van der Waals surface area contributed by atoms with E-state index in [0.717, 1.165) is 22.3 Å². The highest BCUT2D eigenvalue weighted by Crippen LogP contribution is 2.28. The van der Waals surface area contributed by atoms with Gasteiger partial charge in [0.1, 0.15) is 0 Å². The quantitative estimate of drug-likeness (QED) is 0.188. The van der Waals surface area contributed by atoms with Crippen molar-refractivity contribution in [3.8, 4) is 5.69 Å². The summed E-state index contributed by atoms with van der Waals surface area (Å²) in [5, 5.41) is 21.0. The molecule has 8 nitrogen and oxygen atoms in total. The minimum Gasteiger partial charge on any atom is -0.268 e. The zero-order valence-electron chi connectivity index (χ0n) is 18.6. The van der Waals surface area contributed by atoms with Gasteiger partial charge >= 0.3 is 0 Å². The molecule has 9 heteroatoms. The Balaban J connectivity index is 1.67. The van der Waals surface area contributed by atoms with Crippen molar-refractivity contribution in [1.82, 2.24) is 19.2 Å². The molecule has 34 heavy (non-hydrogen) atoms. The van der Waals surface area contributed by atoms with Gasteiger partial charge < -0.3 is 0 Å². The van der Waals surface area contributed by atoms with Gasteiger partial charge in [-0.15, -0.1) is 10.2 Å². The van der Waals surface area contributed by atoms with Gasteiger partial charge in [-0.1, -0.05) is 68.1 Å². The fourth-order valence-corrected chi connectivity index (χ4v) is 4.93. The second-order valence-corrected chi connectivity index (χ2v) is 9.14. The third kappa shape index (κ3) is 3.73. The number of rotatable bonds is 6. The zero-order chi connectivity index (χ0) is 23.8. The molecule has 5 rings (SSSR count). The average Bonchev–Trinajstić information content (AvgIpc) is 3.27. The van der Waals surface area contributed by atoms with Crippen molar-refractivity contribution in [1.29, 1.82) is 0 Å². The monoisotopic (exact) mass is 471 g/mol. The number of fused-ring (bicyclic) bond motifs is 3. The number of aromatic nitrogens is 4. The molecule has 5 aromatic rings. The van der Waals surface area contributed by atoms with Gasteiger partial charge in [-0.05, 0) is 35.2 Å². The summed E-state index contributed by atoms with van der Waals surface area (Å²) < 4.78 is 3.55. The Hall–Kier alpha value is -3.98. The average molecular weight is 472 g/mol. The first-order valence-corrected chi connectivity index (χ1v) is 11.8. The summed E-state index contributed by atoms with van der Waals surface area (Å²) >= 11 is 1.46. The number of hydrogen-bond acceptors (Lipinski definition) is 6. The van der Waals surface area contributed by atoms with E-state index in [0.29, 0.717) is 22.1 Å². The molecule has 0 atom stereocenters. The molecule has 3 aromatic carbocycles. The van der Waals surface area contributed by atoms with Gasteiger partial charge in [-0.3, -0.25) is 19.3 Å². The summed E-state index contributed by atoms with van der Waals surface area (Å²) in [6.45, 7) is 4.19. The Morgan fingerprint density at radius 2 is 1.68 bits per heavy atom. The standard InChI is InChI=1S/C25H21N5O3S/c1-16(2)19-7-3-5-9-21(19)28-23(31)20-8-4-6-10-22(20)29-24(28)26-27-25(29)34-15-17-11-13-18(14-12-17)30(32)33/h3-14,16H,15H2,1-2H3. The van der Waals surface area contributed by atoms with Crippen LogP contribution in [0.5, 0.6) is 0 Å². The molecule has 0 radical (unpaired) electrons. The van der Waals surface area contributed by atoms with Gasteiger partial charge in [0.15, 0.2) is 5.16 Å². The lowest BCUT2D eigenvalue weighted by Crippen LogP contribution is -2.23. The van der Waals surface area contributed by atoms with Crippen LogP contribution in [0.1, 0.15) is 30.9 Å². The predicted octanol–water partition coefficient (Wildman–Crippen LogP) is 5.36. The first-order chi connectivity index (χ1) is 16.5. The summed E-state index contributed by atoms with van der Waals surface area (Å²) in [6.07, 6.45) is 0. The van der Waals surface area contributed by atoms with Crippen molar-refractivity contribution >= 4 is 34.1 Å². The van der Waals surface area contributed by atoms with Crippen LogP contribution >= 0.6 is 11.8 Å². The summed E-state index contributed by atoms with van der Waals surface area (Å²) in [4.78, 5) is 24.1. The summed E-state index contributed by atoms with van der Waals surface area (Å²) in [6, 6.07) is 21.8. The Kier molecular flexibility index (Phi) is 5.62.